The zero-order chi connectivity index (χ0) is 24.0. The van der Waals surface area contributed by atoms with Gasteiger partial charge in [0, 0.05) is 10.2 Å². The summed E-state index contributed by atoms with van der Waals surface area (Å²) in [5.74, 6) is -1.32. The Morgan fingerprint density at radius 2 is 1.76 bits per heavy atom. The number of carbonyl (C=O) groups excluding carboxylic acids is 4. The van der Waals surface area contributed by atoms with E-state index >= 15 is 0 Å². The van der Waals surface area contributed by atoms with Gasteiger partial charge in [0.15, 0.2) is 6.61 Å². The highest BCUT2D eigenvalue weighted by Gasteiger charge is 2.61. The molecule has 1 N–H and O–H groups in total. The second kappa shape index (κ2) is 8.98. The van der Waals surface area contributed by atoms with E-state index < -0.39 is 18.5 Å². The molecule has 0 unspecified atom stereocenters. The molecule has 1 aliphatic heterocycles. The van der Waals surface area contributed by atoms with Gasteiger partial charge >= 0.3 is 5.97 Å². The molecule has 8 heteroatoms. The molecular formula is C26H25BrN2O5. The summed E-state index contributed by atoms with van der Waals surface area (Å²) in [6, 6.07) is 11.8. The highest BCUT2D eigenvalue weighted by molar-refractivity contribution is 9.10. The van der Waals surface area contributed by atoms with Crippen molar-refractivity contribution < 1.29 is 23.9 Å². The van der Waals surface area contributed by atoms with Crippen molar-refractivity contribution in [2.24, 2.45) is 23.7 Å². The first-order valence-electron chi connectivity index (χ1n) is 11.6. The van der Waals surface area contributed by atoms with Gasteiger partial charge in [0.2, 0.25) is 11.8 Å². The maximum absolute atomic E-state index is 13.1. The van der Waals surface area contributed by atoms with Crippen LogP contribution < -0.4 is 10.2 Å². The van der Waals surface area contributed by atoms with Crippen molar-refractivity contribution in [3.63, 3.8) is 0 Å². The van der Waals surface area contributed by atoms with Crippen LogP contribution in [0.2, 0.25) is 0 Å². The Bertz CT molecular complexity index is 1170. The molecule has 3 amide bonds. The number of carbonyl (C=O) groups is 4. The smallest absolute Gasteiger partial charge is 0.338 e. The monoisotopic (exact) mass is 524 g/mol. The lowest BCUT2D eigenvalue weighted by Gasteiger charge is -2.19. The van der Waals surface area contributed by atoms with Crippen LogP contribution in [0.15, 0.2) is 46.9 Å². The summed E-state index contributed by atoms with van der Waals surface area (Å²) in [4.78, 5) is 52.3. The minimum atomic E-state index is -0.692. The third-order valence-corrected chi connectivity index (χ3v) is 7.82. The molecule has 0 aromatic heterocycles. The van der Waals surface area contributed by atoms with Crippen molar-refractivity contribution in [3.8, 4) is 0 Å². The van der Waals surface area contributed by atoms with E-state index in [0.29, 0.717) is 23.2 Å². The molecule has 0 radical (unpaired) electrons. The van der Waals surface area contributed by atoms with Gasteiger partial charge in [-0.15, -0.1) is 0 Å². The lowest BCUT2D eigenvalue weighted by Crippen LogP contribution is -2.32. The van der Waals surface area contributed by atoms with Gasteiger partial charge in [-0.05, 0) is 79.5 Å². The highest BCUT2D eigenvalue weighted by Crippen LogP contribution is 2.56. The molecule has 2 saturated carbocycles. The second-order valence-corrected chi connectivity index (χ2v) is 10.1. The molecule has 1 heterocycles. The zero-order valence-electron chi connectivity index (χ0n) is 18.8. The normalized spacial score (nSPS) is 24.9. The number of ether oxygens (including phenoxy) is 1. The Morgan fingerprint density at radius 3 is 2.44 bits per heavy atom. The van der Waals surface area contributed by atoms with E-state index in [-0.39, 0.29) is 29.2 Å². The molecule has 2 aromatic carbocycles. The topological polar surface area (TPSA) is 92.8 Å². The molecule has 5 rings (SSSR count). The van der Waals surface area contributed by atoms with Gasteiger partial charge in [-0.1, -0.05) is 28.9 Å². The highest BCUT2D eigenvalue weighted by atomic mass is 79.9. The van der Waals surface area contributed by atoms with Crippen molar-refractivity contribution >= 4 is 51.0 Å². The van der Waals surface area contributed by atoms with Crippen LogP contribution in [0.25, 0.3) is 0 Å². The number of benzene rings is 2. The number of hydrogen-bond acceptors (Lipinski definition) is 5. The Labute approximate surface area is 206 Å². The molecule has 3 aliphatic rings. The van der Waals surface area contributed by atoms with Gasteiger partial charge in [-0.2, -0.15) is 0 Å². The third kappa shape index (κ3) is 3.94. The lowest BCUT2D eigenvalue weighted by molar-refractivity contribution is -0.123. The van der Waals surface area contributed by atoms with Crippen molar-refractivity contribution in [1.29, 1.82) is 0 Å². The number of imide groups is 1. The summed E-state index contributed by atoms with van der Waals surface area (Å²) in [6.45, 7) is 1.54. The quantitative estimate of drug-likeness (QED) is 0.448. The number of anilines is 2. The summed E-state index contributed by atoms with van der Waals surface area (Å²) in [6.07, 6.45) is 3.72. The minimum absolute atomic E-state index is 0.159. The van der Waals surface area contributed by atoms with Gasteiger partial charge in [0.25, 0.3) is 5.91 Å². The molecule has 176 valence electrons. The summed E-state index contributed by atoms with van der Waals surface area (Å²) < 4.78 is 6.12. The molecule has 1 saturated heterocycles. The van der Waals surface area contributed by atoms with Gasteiger partial charge in [0.05, 0.1) is 23.1 Å². The molecule has 3 fully saturated rings. The maximum atomic E-state index is 13.1. The number of esters is 1. The van der Waals surface area contributed by atoms with Gasteiger partial charge in [-0.3, -0.25) is 19.3 Å². The number of nitrogens with zero attached hydrogens (tertiary/aromatic N) is 1. The molecule has 34 heavy (non-hydrogen) atoms. The minimum Gasteiger partial charge on any atom is -0.452 e. The van der Waals surface area contributed by atoms with Crippen molar-refractivity contribution in [3.05, 3.63) is 58.1 Å². The summed E-state index contributed by atoms with van der Waals surface area (Å²) >= 11 is 3.41. The van der Waals surface area contributed by atoms with Crippen LogP contribution in [0.1, 0.15) is 42.1 Å². The maximum Gasteiger partial charge on any atom is 0.338 e. The van der Waals surface area contributed by atoms with Gasteiger partial charge in [0.1, 0.15) is 0 Å². The van der Waals surface area contributed by atoms with E-state index in [2.05, 4.69) is 21.2 Å². The van der Waals surface area contributed by atoms with Crippen LogP contribution in [0.5, 0.6) is 0 Å². The van der Waals surface area contributed by atoms with E-state index in [0.717, 1.165) is 35.7 Å². The second-order valence-electron chi connectivity index (χ2n) is 9.23. The fourth-order valence-corrected chi connectivity index (χ4v) is 6.22. The van der Waals surface area contributed by atoms with Crippen LogP contribution in [0, 0.1) is 23.7 Å². The average Bonchev–Trinajstić information content (AvgIpc) is 3.52. The number of aryl methyl sites for hydroxylation is 1. The molecular weight excluding hydrogens is 500 g/mol. The van der Waals surface area contributed by atoms with E-state index in [4.69, 9.17) is 4.74 Å². The fraction of sp³-hybridized carbons (Fsp3) is 0.385. The van der Waals surface area contributed by atoms with Gasteiger partial charge < -0.3 is 10.1 Å². The lowest BCUT2D eigenvalue weighted by atomic mass is 9.81. The molecule has 2 aromatic rings. The summed E-state index contributed by atoms with van der Waals surface area (Å²) in [7, 11) is 0. The first-order valence-corrected chi connectivity index (χ1v) is 12.4. The van der Waals surface area contributed by atoms with Crippen LogP contribution in [0.4, 0.5) is 11.4 Å². The molecule has 2 bridgehead atoms. The molecule has 0 spiro atoms. The number of halogens is 1. The Kier molecular flexibility index (Phi) is 6.02. The largest absolute Gasteiger partial charge is 0.452 e. The standard InChI is InChI=1S/C26H25BrN2O5/c1-2-14-11-18(27)8-9-20(14)28-21(30)13-34-26(33)17-4-3-5-19(12-17)29-24(31)22-15-6-7-16(10-15)23(22)25(29)32/h3-5,8-9,11-12,15-16,22-23H,2,6-7,10,13H2,1H3,(H,28,30)/t15-,16-,22+,23+/m0/s1. The van der Waals surface area contributed by atoms with E-state index in [1.54, 1.807) is 24.3 Å². The van der Waals surface area contributed by atoms with Gasteiger partial charge in [-0.25, -0.2) is 4.79 Å². The van der Waals surface area contributed by atoms with E-state index in [9.17, 15) is 19.2 Å². The van der Waals surface area contributed by atoms with Crippen LogP contribution in [-0.2, 0) is 25.5 Å². The van der Waals surface area contributed by atoms with Crippen LogP contribution in [0.3, 0.4) is 0 Å². The summed E-state index contributed by atoms with van der Waals surface area (Å²) in [5.41, 5.74) is 2.19. The SMILES string of the molecule is CCc1cc(Br)ccc1NC(=O)COC(=O)c1cccc(N2C(=O)[C@@H]3[C@H]4CC[C@@H](C4)[C@H]3C2=O)c1. The Balaban J connectivity index is 1.24. The van der Waals surface area contributed by atoms with E-state index in [1.807, 2.05) is 19.1 Å². The third-order valence-electron chi connectivity index (χ3n) is 7.32. The van der Waals surface area contributed by atoms with Crippen LogP contribution in [-0.4, -0.2) is 30.3 Å². The van der Waals surface area contributed by atoms with E-state index in [1.165, 1.54) is 11.0 Å². The zero-order valence-corrected chi connectivity index (χ0v) is 20.3. The molecule has 2 aliphatic carbocycles. The van der Waals surface area contributed by atoms with Crippen molar-refractivity contribution in [2.75, 3.05) is 16.8 Å². The Hall–Kier alpha value is -3.00. The molecule has 4 atom stereocenters. The summed E-state index contributed by atoms with van der Waals surface area (Å²) in [5, 5.41) is 2.77. The predicted molar refractivity (Wildman–Crippen MR) is 129 cm³/mol. The van der Waals surface area contributed by atoms with Crippen LogP contribution >= 0.6 is 15.9 Å². The fourth-order valence-electron chi connectivity index (χ4n) is 5.81. The Morgan fingerprint density at radius 1 is 1.06 bits per heavy atom. The first-order chi connectivity index (χ1) is 16.4. The van der Waals surface area contributed by atoms with Crippen molar-refractivity contribution in [2.45, 2.75) is 32.6 Å². The number of rotatable bonds is 6. The molecule has 7 nitrogen and oxygen atoms in total. The average molecular weight is 525 g/mol. The van der Waals surface area contributed by atoms with Crippen molar-refractivity contribution in [1.82, 2.24) is 0 Å². The number of nitrogens with one attached hydrogen (secondary N) is 1. The number of fused-ring (bicyclic) bond motifs is 5. The number of hydrogen-bond donors (Lipinski definition) is 1. The first kappa shape index (κ1) is 22.8. The number of amides is 3. The predicted octanol–water partition coefficient (Wildman–Crippen LogP) is 4.34.